The molecular weight excluding hydrogens is 324 g/mol. The van der Waals surface area contributed by atoms with Crippen LogP contribution in [-0.4, -0.2) is 15.9 Å². The smallest absolute Gasteiger partial charge is 0.274 e. The van der Waals surface area contributed by atoms with Gasteiger partial charge in [0.05, 0.1) is 0 Å². The molecule has 2 aromatic carbocycles. The number of carbonyl (C=O) groups is 1. The number of rotatable bonds is 6. The number of hydrogen-bond acceptors (Lipinski definition) is 4. The lowest BCUT2D eigenvalue weighted by Crippen LogP contribution is -2.14. The first kappa shape index (κ1) is 17.6. The normalized spacial score (nSPS) is 10.6. The van der Waals surface area contributed by atoms with Crippen LogP contribution in [0.25, 0.3) is 0 Å². The third kappa shape index (κ3) is 4.66. The van der Waals surface area contributed by atoms with E-state index in [1.165, 1.54) is 11.9 Å². The summed E-state index contributed by atoms with van der Waals surface area (Å²) in [6, 6.07) is 19.5. The van der Waals surface area contributed by atoms with E-state index in [9.17, 15) is 4.79 Å². The molecule has 0 aliphatic rings. The lowest BCUT2D eigenvalue weighted by Gasteiger charge is -2.09. The van der Waals surface area contributed by atoms with Gasteiger partial charge < -0.3 is 10.6 Å². The summed E-state index contributed by atoms with van der Waals surface area (Å²) in [7, 11) is 0. The van der Waals surface area contributed by atoms with Crippen molar-refractivity contribution in [1.29, 1.82) is 0 Å². The Balaban J connectivity index is 1.64. The first-order chi connectivity index (χ1) is 12.6. The van der Waals surface area contributed by atoms with Crippen LogP contribution < -0.4 is 10.6 Å². The Hall–Kier alpha value is -3.21. The lowest BCUT2D eigenvalue weighted by atomic mass is 10.0. The van der Waals surface area contributed by atoms with E-state index in [1.54, 1.807) is 6.07 Å². The molecule has 3 rings (SSSR count). The van der Waals surface area contributed by atoms with E-state index in [0.29, 0.717) is 24.0 Å². The van der Waals surface area contributed by atoms with Crippen molar-refractivity contribution in [2.45, 2.75) is 26.3 Å². The summed E-state index contributed by atoms with van der Waals surface area (Å²) in [6.07, 6.45) is 1.39. The molecule has 0 bridgehead atoms. The van der Waals surface area contributed by atoms with Crippen molar-refractivity contribution < 1.29 is 4.79 Å². The van der Waals surface area contributed by atoms with E-state index in [1.807, 2.05) is 54.6 Å². The molecule has 2 N–H and O–H groups in total. The molecule has 0 spiro atoms. The molecule has 26 heavy (non-hydrogen) atoms. The maximum atomic E-state index is 12.4. The number of nitrogens with one attached hydrogen (secondary N) is 2. The summed E-state index contributed by atoms with van der Waals surface area (Å²) in [5, 5.41) is 6.08. The third-order valence-corrected chi connectivity index (χ3v) is 4.05. The van der Waals surface area contributed by atoms with Crippen LogP contribution in [0.15, 0.2) is 67.0 Å². The number of anilines is 2. The summed E-state index contributed by atoms with van der Waals surface area (Å²) in [5.41, 5.74) is 3.44. The molecule has 0 aliphatic carbocycles. The molecule has 0 fully saturated rings. The number of hydrogen-bond donors (Lipinski definition) is 2. The Morgan fingerprint density at radius 3 is 2.42 bits per heavy atom. The number of benzene rings is 2. The molecule has 1 heterocycles. The van der Waals surface area contributed by atoms with Crippen molar-refractivity contribution in [3.05, 3.63) is 83.8 Å². The van der Waals surface area contributed by atoms with E-state index >= 15 is 0 Å². The van der Waals surface area contributed by atoms with Crippen LogP contribution in [-0.2, 0) is 6.54 Å². The molecule has 0 radical (unpaired) electrons. The highest BCUT2D eigenvalue weighted by molar-refractivity contribution is 6.03. The number of carbonyl (C=O) groups excluding carboxylic acids is 1. The molecule has 1 aromatic heterocycles. The van der Waals surface area contributed by atoms with Gasteiger partial charge in [-0.3, -0.25) is 4.79 Å². The van der Waals surface area contributed by atoms with Gasteiger partial charge in [0.1, 0.15) is 17.8 Å². The lowest BCUT2D eigenvalue weighted by molar-refractivity contribution is 0.102. The Kier molecular flexibility index (Phi) is 5.59. The van der Waals surface area contributed by atoms with Gasteiger partial charge in [0.25, 0.3) is 5.91 Å². The van der Waals surface area contributed by atoms with Gasteiger partial charge in [-0.25, -0.2) is 9.97 Å². The largest absolute Gasteiger partial charge is 0.366 e. The van der Waals surface area contributed by atoms with Crippen LogP contribution >= 0.6 is 0 Å². The van der Waals surface area contributed by atoms with E-state index in [0.717, 1.165) is 11.3 Å². The topological polar surface area (TPSA) is 66.9 Å². The molecule has 5 heteroatoms. The second kappa shape index (κ2) is 8.25. The zero-order chi connectivity index (χ0) is 18.4. The zero-order valence-electron chi connectivity index (χ0n) is 14.9. The van der Waals surface area contributed by atoms with Crippen LogP contribution in [0.4, 0.5) is 11.5 Å². The van der Waals surface area contributed by atoms with Crippen LogP contribution in [0.5, 0.6) is 0 Å². The van der Waals surface area contributed by atoms with E-state index < -0.39 is 0 Å². The molecule has 3 aromatic rings. The Morgan fingerprint density at radius 2 is 1.73 bits per heavy atom. The average molecular weight is 346 g/mol. The SMILES string of the molecule is CC(C)c1ccc(NC(=O)c2cc(NCc3ccccc3)ncn2)cc1. The predicted molar refractivity (Wildman–Crippen MR) is 104 cm³/mol. The Labute approximate surface area is 153 Å². The van der Waals surface area contributed by atoms with Gasteiger partial charge in [-0.1, -0.05) is 56.3 Å². The summed E-state index contributed by atoms with van der Waals surface area (Å²) < 4.78 is 0. The van der Waals surface area contributed by atoms with Gasteiger partial charge in [0.15, 0.2) is 0 Å². The minimum Gasteiger partial charge on any atom is -0.366 e. The van der Waals surface area contributed by atoms with Gasteiger partial charge in [-0.05, 0) is 29.2 Å². The number of amides is 1. The first-order valence-electron chi connectivity index (χ1n) is 8.63. The fourth-order valence-electron chi connectivity index (χ4n) is 2.51. The van der Waals surface area contributed by atoms with Gasteiger partial charge >= 0.3 is 0 Å². The molecule has 0 saturated carbocycles. The molecule has 0 aliphatic heterocycles. The van der Waals surface area contributed by atoms with E-state index in [-0.39, 0.29) is 5.91 Å². The molecule has 5 nitrogen and oxygen atoms in total. The maximum Gasteiger partial charge on any atom is 0.274 e. The molecule has 1 amide bonds. The van der Waals surface area contributed by atoms with E-state index in [4.69, 9.17) is 0 Å². The average Bonchev–Trinajstić information content (AvgIpc) is 2.68. The van der Waals surface area contributed by atoms with Crippen molar-refractivity contribution in [1.82, 2.24) is 9.97 Å². The first-order valence-corrected chi connectivity index (χ1v) is 8.63. The fourth-order valence-corrected chi connectivity index (χ4v) is 2.51. The van der Waals surface area contributed by atoms with Crippen molar-refractivity contribution in [2.24, 2.45) is 0 Å². The zero-order valence-corrected chi connectivity index (χ0v) is 14.9. The fraction of sp³-hybridized carbons (Fsp3) is 0.190. The summed E-state index contributed by atoms with van der Waals surface area (Å²) in [5.74, 6) is 0.816. The maximum absolute atomic E-state index is 12.4. The molecule has 0 atom stereocenters. The summed E-state index contributed by atoms with van der Waals surface area (Å²) in [6.45, 7) is 4.91. The standard InChI is InChI=1S/C21H22N4O/c1-15(2)17-8-10-18(11-9-17)25-21(26)19-12-20(24-14-23-19)22-13-16-6-4-3-5-7-16/h3-12,14-15H,13H2,1-2H3,(H,25,26)(H,22,23,24). The van der Waals surface area contributed by atoms with E-state index in [2.05, 4.69) is 34.4 Å². The second-order valence-electron chi connectivity index (χ2n) is 6.36. The highest BCUT2D eigenvalue weighted by Gasteiger charge is 2.09. The second-order valence-corrected chi connectivity index (χ2v) is 6.36. The van der Waals surface area contributed by atoms with Crippen LogP contribution in [0.2, 0.25) is 0 Å². The predicted octanol–water partition coefficient (Wildman–Crippen LogP) is 4.46. The van der Waals surface area contributed by atoms with Crippen molar-refractivity contribution >= 4 is 17.4 Å². The summed E-state index contributed by atoms with van der Waals surface area (Å²) in [4.78, 5) is 20.7. The van der Waals surface area contributed by atoms with Crippen molar-refractivity contribution in [3.63, 3.8) is 0 Å². The quantitative estimate of drug-likeness (QED) is 0.691. The Bertz CT molecular complexity index is 861. The molecule has 132 valence electrons. The molecule has 0 saturated heterocycles. The van der Waals surface area contributed by atoms with Gasteiger partial charge in [-0.2, -0.15) is 0 Å². The van der Waals surface area contributed by atoms with Gasteiger partial charge in [0.2, 0.25) is 0 Å². The Morgan fingerprint density at radius 1 is 1.00 bits per heavy atom. The van der Waals surface area contributed by atoms with Crippen molar-refractivity contribution in [3.8, 4) is 0 Å². The van der Waals surface area contributed by atoms with Crippen LogP contribution in [0.3, 0.4) is 0 Å². The molecule has 0 unspecified atom stereocenters. The monoisotopic (exact) mass is 346 g/mol. The highest BCUT2D eigenvalue weighted by Crippen LogP contribution is 2.17. The number of aromatic nitrogens is 2. The minimum atomic E-state index is -0.257. The van der Waals surface area contributed by atoms with Crippen molar-refractivity contribution in [2.75, 3.05) is 10.6 Å². The minimum absolute atomic E-state index is 0.257. The molecular formula is C21H22N4O. The van der Waals surface area contributed by atoms with Gasteiger partial charge in [-0.15, -0.1) is 0 Å². The summed E-state index contributed by atoms with van der Waals surface area (Å²) >= 11 is 0. The third-order valence-electron chi connectivity index (χ3n) is 4.05. The number of nitrogens with zero attached hydrogens (tertiary/aromatic N) is 2. The van der Waals surface area contributed by atoms with Crippen LogP contribution in [0.1, 0.15) is 41.4 Å². The van der Waals surface area contributed by atoms with Gasteiger partial charge in [0, 0.05) is 18.3 Å². The highest BCUT2D eigenvalue weighted by atomic mass is 16.1. The van der Waals surface area contributed by atoms with Crippen LogP contribution in [0, 0.1) is 0 Å².